The Labute approximate surface area is 97.5 Å². The number of Topliss-reactive ketones (excluding diaryl/α,β-unsaturated/α-hetero) is 1. The maximum Gasteiger partial charge on any atom is 0.204 e. The van der Waals surface area contributed by atoms with E-state index in [0.717, 1.165) is 16.3 Å². The average Bonchev–Trinajstić information content (AvgIpc) is 2.28. The Bertz CT molecular complexity index is 644. The maximum atomic E-state index is 11.9. The van der Waals surface area contributed by atoms with E-state index in [1.54, 1.807) is 6.07 Å². The minimum atomic E-state index is -0.211. The van der Waals surface area contributed by atoms with Gasteiger partial charge >= 0.3 is 0 Å². The zero-order chi connectivity index (χ0) is 11.3. The van der Waals surface area contributed by atoms with Crippen LogP contribution in [0, 0.1) is 0 Å². The van der Waals surface area contributed by atoms with Gasteiger partial charge in [-0.25, -0.2) is 0 Å². The van der Waals surface area contributed by atoms with Gasteiger partial charge in [0, 0.05) is 11.8 Å². The van der Waals surface area contributed by atoms with E-state index in [2.05, 4.69) is 0 Å². The maximum absolute atomic E-state index is 11.9. The SMILES string of the molecule is O=C1C(=S)Cc2cccc3ccc(O)c1c23. The summed E-state index contributed by atoms with van der Waals surface area (Å²) in [6.07, 6.45) is 0.502. The number of carbonyl (C=O) groups excluding carboxylic acids is 1. The van der Waals surface area contributed by atoms with Crippen LogP contribution in [0.2, 0.25) is 0 Å². The van der Waals surface area contributed by atoms with Gasteiger partial charge < -0.3 is 5.11 Å². The van der Waals surface area contributed by atoms with Crippen LogP contribution in [0.5, 0.6) is 5.75 Å². The molecule has 0 unspecified atom stereocenters. The van der Waals surface area contributed by atoms with Crippen LogP contribution in [-0.2, 0) is 6.42 Å². The van der Waals surface area contributed by atoms with Crippen LogP contribution in [0.25, 0.3) is 10.8 Å². The van der Waals surface area contributed by atoms with E-state index >= 15 is 0 Å². The molecule has 0 spiro atoms. The number of phenols is 1. The van der Waals surface area contributed by atoms with Gasteiger partial charge in [0.05, 0.1) is 10.4 Å². The first-order valence-corrected chi connectivity index (χ1v) is 5.40. The zero-order valence-electron chi connectivity index (χ0n) is 8.36. The molecule has 0 radical (unpaired) electrons. The van der Waals surface area contributed by atoms with Crippen molar-refractivity contribution < 1.29 is 9.90 Å². The molecule has 3 heteroatoms. The van der Waals surface area contributed by atoms with Gasteiger partial charge in [-0.3, -0.25) is 4.79 Å². The standard InChI is InChI=1S/C13H8O2S/c14-9-5-4-7-2-1-3-8-6-10(16)13(15)12(9)11(7)8/h1-5,14H,6H2. The topological polar surface area (TPSA) is 37.3 Å². The van der Waals surface area contributed by atoms with Gasteiger partial charge in [-0.15, -0.1) is 0 Å². The van der Waals surface area contributed by atoms with Crippen molar-refractivity contribution in [2.24, 2.45) is 0 Å². The Kier molecular flexibility index (Phi) is 1.85. The van der Waals surface area contributed by atoms with E-state index in [4.69, 9.17) is 12.2 Å². The highest BCUT2D eigenvalue weighted by molar-refractivity contribution is 7.82. The Hall–Kier alpha value is -1.74. The van der Waals surface area contributed by atoms with Crippen molar-refractivity contribution >= 4 is 33.6 Å². The number of rotatable bonds is 0. The Morgan fingerprint density at radius 1 is 1.19 bits per heavy atom. The van der Waals surface area contributed by atoms with Crippen molar-refractivity contribution in [1.29, 1.82) is 0 Å². The lowest BCUT2D eigenvalue weighted by atomic mass is 9.87. The average molecular weight is 228 g/mol. The van der Waals surface area contributed by atoms with Gasteiger partial charge in [-0.1, -0.05) is 36.5 Å². The lowest BCUT2D eigenvalue weighted by molar-refractivity contribution is 0.106. The van der Waals surface area contributed by atoms with Gasteiger partial charge in [-0.2, -0.15) is 0 Å². The number of aromatic hydroxyl groups is 1. The summed E-state index contributed by atoms with van der Waals surface area (Å²) in [6, 6.07) is 9.19. The van der Waals surface area contributed by atoms with Gasteiger partial charge in [0.25, 0.3) is 0 Å². The quantitative estimate of drug-likeness (QED) is 0.704. The molecule has 0 aromatic heterocycles. The summed E-state index contributed by atoms with van der Waals surface area (Å²) in [7, 11) is 0. The molecule has 0 saturated carbocycles. The van der Waals surface area contributed by atoms with Crippen LogP contribution in [0.3, 0.4) is 0 Å². The van der Waals surface area contributed by atoms with E-state index in [1.807, 2.05) is 24.3 Å². The van der Waals surface area contributed by atoms with E-state index in [9.17, 15) is 9.90 Å². The molecule has 2 nitrogen and oxygen atoms in total. The molecule has 2 aromatic carbocycles. The summed E-state index contributed by atoms with van der Waals surface area (Å²) in [5.74, 6) is -0.191. The van der Waals surface area contributed by atoms with Crippen molar-refractivity contribution in [1.82, 2.24) is 0 Å². The smallest absolute Gasteiger partial charge is 0.204 e. The van der Waals surface area contributed by atoms with Crippen LogP contribution in [-0.4, -0.2) is 15.8 Å². The zero-order valence-corrected chi connectivity index (χ0v) is 9.17. The minimum absolute atomic E-state index is 0.0204. The highest BCUT2D eigenvalue weighted by Gasteiger charge is 2.26. The molecule has 0 heterocycles. The highest BCUT2D eigenvalue weighted by Crippen LogP contribution is 2.34. The molecular formula is C13H8O2S. The summed E-state index contributed by atoms with van der Waals surface area (Å²) in [4.78, 5) is 12.3. The summed E-state index contributed by atoms with van der Waals surface area (Å²) in [5.41, 5.74) is 1.39. The first kappa shape index (κ1) is 9.48. The number of hydrogen-bond acceptors (Lipinski definition) is 3. The van der Waals surface area contributed by atoms with Crippen molar-refractivity contribution in [3.8, 4) is 5.75 Å². The van der Waals surface area contributed by atoms with Crippen molar-refractivity contribution in [2.45, 2.75) is 6.42 Å². The monoisotopic (exact) mass is 228 g/mol. The molecule has 0 saturated heterocycles. The number of phenolic OH excluding ortho intramolecular Hbond substituents is 1. The van der Waals surface area contributed by atoms with Crippen molar-refractivity contribution in [3.63, 3.8) is 0 Å². The molecule has 1 aliphatic rings. The fourth-order valence-electron chi connectivity index (χ4n) is 2.21. The summed E-state index contributed by atoms with van der Waals surface area (Å²) < 4.78 is 0. The highest BCUT2D eigenvalue weighted by atomic mass is 32.1. The molecule has 0 aliphatic heterocycles. The van der Waals surface area contributed by atoms with Crippen LogP contribution in [0.1, 0.15) is 15.9 Å². The molecule has 0 atom stereocenters. The van der Waals surface area contributed by atoms with Gasteiger partial charge in [0.15, 0.2) is 0 Å². The number of carbonyl (C=O) groups is 1. The van der Waals surface area contributed by atoms with Crippen molar-refractivity contribution in [3.05, 3.63) is 41.5 Å². The molecule has 2 aromatic rings. The van der Waals surface area contributed by atoms with Crippen LogP contribution < -0.4 is 0 Å². The molecule has 0 fully saturated rings. The van der Waals surface area contributed by atoms with Crippen LogP contribution in [0.4, 0.5) is 0 Å². The number of ketones is 1. The third-order valence-corrected chi connectivity index (χ3v) is 3.27. The fraction of sp³-hybridized carbons (Fsp3) is 0.0769. The molecule has 1 N–H and O–H groups in total. The van der Waals surface area contributed by atoms with E-state index in [1.165, 1.54) is 0 Å². The second-order valence-electron chi connectivity index (χ2n) is 3.90. The molecule has 1 aliphatic carbocycles. The summed E-state index contributed by atoms with van der Waals surface area (Å²) in [6.45, 7) is 0. The second-order valence-corrected chi connectivity index (χ2v) is 4.40. The summed E-state index contributed by atoms with van der Waals surface area (Å²) in [5, 5.41) is 11.6. The van der Waals surface area contributed by atoms with Gasteiger partial charge in [0.2, 0.25) is 5.78 Å². The van der Waals surface area contributed by atoms with Crippen molar-refractivity contribution in [2.75, 3.05) is 0 Å². The van der Waals surface area contributed by atoms with Crippen LogP contribution >= 0.6 is 12.2 Å². The fourth-order valence-corrected chi connectivity index (χ4v) is 2.47. The van der Waals surface area contributed by atoms with E-state index < -0.39 is 0 Å². The predicted molar refractivity (Wildman–Crippen MR) is 66.2 cm³/mol. The molecule has 16 heavy (non-hydrogen) atoms. The number of thiocarbonyl (C=S) groups is 1. The first-order chi connectivity index (χ1) is 7.68. The molecule has 3 rings (SSSR count). The lowest BCUT2D eigenvalue weighted by Gasteiger charge is -2.17. The molecule has 78 valence electrons. The lowest BCUT2D eigenvalue weighted by Crippen LogP contribution is -2.20. The van der Waals surface area contributed by atoms with Gasteiger partial charge in [0.1, 0.15) is 5.75 Å². The second kappa shape index (κ2) is 3.12. The normalized spacial score (nSPS) is 14.5. The number of benzene rings is 2. The molecular weight excluding hydrogens is 220 g/mol. The Morgan fingerprint density at radius 3 is 2.81 bits per heavy atom. The third-order valence-electron chi connectivity index (χ3n) is 2.94. The molecule has 0 amide bonds. The number of hydrogen-bond donors (Lipinski definition) is 1. The third kappa shape index (κ3) is 1.12. The first-order valence-electron chi connectivity index (χ1n) is 4.99. The minimum Gasteiger partial charge on any atom is -0.507 e. The van der Waals surface area contributed by atoms with Crippen LogP contribution in [0.15, 0.2) is 30.3 Å². The van der Waals surface area contributed by atoms with E-state index in [0.29, 0.717) is 16.8 Å². The predicted octanol–water partition coefficient (Wildman–Crippen LogP) is 2.65. The Morgan fingerprint density at radius 2 is 2.00 bits per heavy atom. The van der Waals surface area contributed by atoms with E-state index in [-0.39, 0.29) is 11.5 Å². The molecule has 0 bridgehead atoms. The Balaban J connectivity index is 2.55. The largest absolute Gasteiger partial charge is 0.507 e. The summed E-state index contributed by atoms with van der Waals surface area (Å²) >= 11 is 5.05. The van der Waals surface area contributed by atoms with Gasteiger partial charge in [-0.05, 0) is 17.0 Å².